The van der Waals surface area contributed by atoms with Gasteiger partial charge in [-0.1, -0.05) is 58.0 Å². The molecule has 30 heavy (non-hydrogen) atoms. The predicted molar refractivity (Wildman–Crippen MR) is 126 cm³/mol. The zero-order valence-electron chi connectivity index (χ0n) is 19.8. The van der Waals surface area contributed by atoms with Crippen LogP contribution >= 0.6 is 12.6 Å². The molecule has 0 saturated carbocycles. The van der Waals surface area contributed by atoms with Crippen LogP contribution in [0, 0.1) is 0 Å². The predicted octanol–water partition coefficient (Wildman–Crippen LogP) is 5.46. The zero-order valence-corrected chi connectivity index (χ0v) is 20.7. The van der Waals surface area contributed by atoms with Gasteiger partial charge in [-0.2, -0.15) is 12.6 Å². The first-order chi connectivity index (χ1) is 14.6. The standard InChI is InChI=1S/C19H26O5.2C2H6.CH4S/c1-19(2)22-13-16(24-19)11-18-17(10-15(23-18)8-9-20)21-12-14-6-4-3-5-7-14;3*1-2/h3-7,9,15-18H,8,10-13H2,1-2H3;2*1-2H3;2H,1H3/t15-,16+,17+,18+;;;/m0.../s1. The Bertz CT molecular complexity index is 538. The molecule has 5 nitrogen and oxygen atoms in total. The van der Waals surface area contributed by atoms with Gasteiger partial charge in [0.15, 0.2) is 5.79 Å². The van der Waals surface area contributed by atoms with Crippen LogP contribution in [0.1, 0.15) is 66.4 Å². The maximum atomic E-state index is 10.8. The van der Waals surface area contributed by atoms with Gasteiger partial charge in [-0.05, 0) is 25.7 Å². The molecule has 0 bridgehead atoms. The number of hydrogen-bond acceptors (Lipinski definition) is 6. The lowest BCUT2D eigenvalue weighted by molar-refractivity contribution is -0.144. The summed E-state index contributed by atoms with van der Waals surface area (Å²) in [5, 5.41) is 0. The zero-order chi connectivity index (χ0) is 23.0. The number of carbonyl (C=O) groups excluding carboxylic acids is 1. The fourth-order valence-electron chi connectivity index (χ4n) is 3.36. The normalized spacial score (nSPS) is 26.3. The third-order valence-electron chi connectivity index (χ3n) is 4.51. The van der Waals surface area contributed by atoms with Crippen LogP contribution in [0.4, 0.5) is 0 Å². The summed E-state index contributed by atoms with van der Waals surface area (Å²) in [5.74, 6) is -0.536. The van der Waals surface area contributed by atoms with Crippen molar-refractivity contribution in [3.05, 3.63) is 35.9 Å². The molecular formula is C24H42O5S. The quantitative estimate of drug-likeness (QED) is 0.449. The molecule has 4 atom stereocenters. The average molecular weight is 443 g/mol. The fourth-order valence-corrected chi connectivity index (χ4v) is 3.36. The molecule has 174 valence electrons. The summed E-state index contributed by atoms with van der Waals surface area (Å²) in [6.07, 6.45) is 4.33. The first-order valence-electron chi connectivity index (χ1n) is 11.1. The van der Waals surface area contributed by atoms with Crippen molar-refractivity contribution < 1.29 is 23.7 Å². The smallest absolute Gasteiger partial charge is 0.163 e. The Balaban J connectivity index is 0.00000129. The van der Waals surface area contributed by atoms with Gasteiger partial charge in [0.2, 0.25) is 0 Å². The van der Waals surface area contributed by atoms with Gasteiger partial charge in [-0.15, -0.1) is 0 Å². The Morgan fingerprint density at radius 2 is 1.73 bits per heavy atom. The Morgan fingerprint density at radius 3 is 2.27 bits per heavy atom. The molecule has 2 heterocycles. The second kappa shape index (κ2) is 16.7. The second-order valence-corrected chi connectivity index (χ2v) is 6.96. The molecule has 1 aromatic carbocycles. The van der Waals surface area contributed by atoms with Crippen LogP contribution in [0.5, 0.6) is 0 Å². The molecule has 2 aliphatic rings. The minimum Gasteiger partial charge on any atom is -0.372 e. The molecule has 2 aliphatic heterocycles. The van der Waals surface area contributed by atoms with Crippen LogP contribution in [-0.2, 0) is 30.3 Å². The molecule has 0 N–H and O–H groups in total. The summed E-state index contributed by atoms with van der Waals surface area (Å²) in [6.45, 7) is 12.9. The van der Waals surface area contributed by atoms with Crippen molar-refractivity contribution in [2.24, 2.45) is 0 Å². The SMILES string of the molecule is CC.CC.CC1(C)OC[C@@H](C[C@H]2O[C@@H](CC=O)C[C@H]2OCc2ccccc2)O1.CS. The lowest BCUT2D eigenvalue weighted by atomic mass is 10.0. The van der Waals surface area contributed by atoms with E-state index in [9.17, 15) is 4.79 Å². The topological polar surface area (TPSA) is 54.0 Å². The molecule has 0 aliphatic carbocycles. The van der Waals surface area contributed by atoms with Crippen LogP contribution < -0.4 is 0 Å². The highest BCUT2D eigenvalue weighted by Gasteiger charge is 2.41. The summed E-state index contributed by atoms with van der Waals surface area (Å²) in [4.78, 5) is 10.8. The van der Waals surface area contributed by atoms with Crippen LogP contribution in [0.15, 0.2) is 30.3 Å². The minimum absolute atomic E-state index is 0.00260. The highest BCUT2D eigenvalue weighted by atomic mass is 32.1. The van der Waals surface area contributed by atoms with Crippen molar-refractivity contribution in [3.8, 4) is 0 Å². The van der Waals surface area contributed by atoms with Gasteiger partial charge in [-0.3, -0.25) is 0 Å². The van der Waals surface area contributed by atoms with Crippen molar-refractivity contribution in [3.63, 3.8) is 0 Å². The van der Waals surface area contributed by atoms with E-state index in [0.717, 1.165) is 24.7 Å². The summed E-state index contributed by atoms with van der Waals surface area (Å²) < 4.78 is 23.7. The molecule has 0 aromatic heterocycles. The number of ether oxygens (including phenoxy) is 4. The van der Waals surface area contributed by atoms with Gasteiger partial charge in [0, 0.05) is 19.3 Å². The van der Waals surface area contributed by atoms with Gasteiger partial charge in [-0.25, -0.2) is 0 Å². The van der Waals surface area contributed by atoms with Crippen molar-refractivity contribution in [2.75, 3.05) is 12.9 Å². The van der Waals surface area contributed by atoms with Crippen molar-refractivity contribution in [1.29, 1.82) is 0 Å². The van der Waals surface area contributed by atoms with E-state index in [-0.39, 0.29) is 24.4 Å². The average Bonchev–Trinajstić information content (AvgIpc) is 3.33. The van der Waals surface area contributed by atoms with E-state index in [2.05, 4.69) is 12.6 Å². The Kier molecular flexibility index (Phi) is 16.2. The van der Waals surface area contributed by atoms with Crippen molar-refractivity contribution in [1.82, 2.24) is 0 Å². The van der Waals surface area contributed by atoms with Crippen LogP contribution in [0.3, 0.4) is 0 Å². The molecule has 0 unspecified atom stereocenters. The maximum Gasteiger partial charge on any atom is 0.163 e. The van der Waals surface area contributed by atoms with Crippen LogP contribution in [-0.4, -0.2) is 49.4 Å². The van der Waals surface area contributed by atoms with Gasteiger partial charge >= 0.3 is 0 Å². The summed E-state index contributed by atoms with van der Waals surface area (Å²) in [6, 6.07) is 10.1. The molecular weight excluding hydrogens is 400 g/mol. The Morgan fingerprint density at radius 1 is 1.10 bits per heavy atom. The molecule has 0 spiro atoms. The van der Waals surface area contributed by atoms with Crippen molar-refractivity contribution in [2.45, 2.75) is 97.6 Å². The number of aldehydes is 1. The van der Waals surface area contributed by atoms with Gasteiger partial charge in [0.25, 0.3) is 0 Å². The monoisotopic (exact) mass is 442 g/mol. The maximum absolute atomic E-state index is 10.8. The van der Waals surface area contributed by atoms with Crippen molar-refractivity contribution >= 4 is 18.9 Å². The van der Waals surface area contributed by atoms with Crippen LogP contribution in [0.25, 0.3) is 0 Å². The van der Waals surface area contributed by atoms with E-state index in [1.54, 1.807) is 6.26 Å². The van der Waals surface area contributed by atoms with E-state index in [0.29, 0.717) is 19.6 Å². The summed E-state index contributed by atoms with van der Waals surface area (Å²) in [5.41, 5.74) is 1.14. The van der Waals surface area contributed by atoms with Crippen LogP contribution in [0.2, 0.25) is 0 Å². The third-order valence-corrected chi connectivity index (χ3v) is 4.51. The van der Waals surface area contributed by atoms with E-state index in [1.807, 2.05) is 71.9 Å². The Hall–Kier alpha value is -0.920. The number of thiol groups is 1. The number of rotatable bonds is 7. The van der Waals surface area contributed by atoms with E-state index in [1.165, 1.54) is 0 Å². The minimum atomic E-state index is -0.536. The molecule has 3 rings (SSSR count). The molecule has 1 aromatic rings. The molecule has 2 fully saturated rings. The van der Waals surface area contributed by atoms with E-state index < -0.39 is 5.79 Å². The fraction of sp³-hybridized carbons (Fsp3) is 0.708. The Labute approximate surface area is 189 Å². The number of benzene rings is 1. The third kappa shape index (κ3) is 10.4. The lowest BCUT2D eigenvalue weighted by Gasteiger charge is -2.23. The van der Waals surface area contributed by atoms with Gasteiger partial charge < -0.3 is 23.7 Å². The molecule has 0 radical (unpaired) electrons. The molecule has 6 heteroatoms. The van der Waals surface area contributed by atoms with Gasteiger partial charge in [0.05, 0.1) is 37.6 Å². The largest absolute Gasteiger partial charge is 0.372 e. The number of hydrogen-bond donors (Lipinski definition) is 1. The first-order valence-corrected chi connectivity index (χ1v) is 12.0. The summed E-state index contributed by atoms with van der Waals surface area (Å²) >= 11 is 3.53. The summed E-state index contributed by atoms with van der Waals surface area (Å²) in [7, 11) is 0. The van der Waals surface area contributed by atoms with E-state index in [4.69, 9.17) is 18.9 Å². The van der Waals surface area contributed by atoms with Gasteiger partial charge in [0.1, 0.15) is 6.29 Å². The van der Waals surface area contributed by atoms with E-state index >= 15 is 0 Å². The molecule has 2 saturated heterocycles. The molecule has 0 amide bonds. The highest BCUT2D eigenvalue weighted by Crippen LogP contribution is 2.32. The first kappa shape index (κ1) is 29.1. The number of carbonyl (C=O) groups is 1. The highest BCUT2D eigenvalue weighted by molar-refractivity contribution is 7.79. The lowest BCUT2D eigenvalue weighted by Crippen LogP contribution is -2.30. The second-order valence-electron chi connectivity index (χ2n) is 6.96.